The summed E-state index contributed by atoms with van der Waals surface area (Å²) in [5, 5.41) is 1.20. The molecule has 12 heavy (non-hydrogen) atoms. The third-order valence-electron chi connectivity index (χ3n) is 1.98. The van der Waals surface area contributed by atoms with Gasteiger partial charge >= 0.3 is 0 Å². The summed E-state index contributed by atoms with van der Waals surface area (Å²) in [6, 6.07) is 10.9. The SMILES string of the molecule is C#Cn1ccc2cc(C)ccc21. The zero-order valence-corrected chi connectivity index (χ0v) is 6.91. The summed E-state index contributed by atoms with van der Waals surface area (Å²) in [4.78, 5) is 0. The molecule has 2 rings (SSSR count). The highest BCUT2D eigenvalue weighted by Gasteiger charge is 1.97. The van der Waals surface area contributed by atoms with Crippen molar-refractivity contribution < 1.29 is 0 Å². The standard InChI is InChI=1S/C11H9N/c1-3-12-7-6-10-8-9(2)4-5-11(10)12/h1,4-8H,2H3. The molecule has 58 valence electrons. The van der Waals surface area contributed by atoms with Crippen LogP contribution in [0.3, 0.4) is 0 Å². The summed E-state index contributed by atoms with van der Waals surface area (Å²) in [7, 11) is 0. The smallest absolute Gasteiger partial charge is 0.0611 e. The lowest BCUT2D eigenvalue weighted by Gasteiger charge is -1.95. The van der Waals surface area contributed by atoms with Crippen molar-refractivity contribution in [2.75, 3.05) is 0 Å². The van der Waals surface area contributed by atoms with E-state index in [1.165, 1.54) is 10.9 Å². The van der Waals surface area contributed by atoms with Crippen LogP contribution in [0.4, 0.5) is 0 Å². The number of aromatic nitrogens is 1. The summed E-state index contributed by atoms with van der Waals surface area (Å²) in [6.07, 6.45) is 7.22. The van der Waals surface area contributed by atoms with Crippen LogP contribution in [0.5, 0.6) is 0 Å². The molecule has 0 N–H and O–H groups in total. The van der Waals surface area contributed by atoms with E-state index in [2.05, 4.69) is 25.1 Å². The van der Waals surface area contributed by atoms with Crippen molar-refractivity contribution in [3.05, 3.63) is 36.0 Å². The zero-order valence-electron chi connectivity index (χ0n) is 6.91. The van der Waals surface area contributed by atoms with Crippen molar-refractivity contribution in [1.29, 1.82) is 0 Å². The van der Waals surface area contributed by atoms with Crippen LogP contribution in [0.1, 0.15) is 5.56 Å². The van der Waals surface area contributed by atoms with Gasteiger partial charge in [0.2, 0.25) is 0 Å². The summed E-state index contributed by atoms with van der Waals surface area (Å²) in [5.74, 6) is 0. The predicted molar refractivity (Wildman–Crippen MR) is 50.9 cm³/mol. The highest BCUT2D eigenvalue weighted by molar-refractivity contribution is 5.81. The molecule has 0 aliphatic carbocycles. The van der Waals surface area contributed by atoms with Crippen LogP contribution < -0.4 is 0 Å². The van der Waals surface area contributed by atoms with Gasteiger partial charge in [0.25, 0.3) is 0 Å². The van der Waals surface area contributed by atoms with Crippen molar-refractivity contribution >= 4 is 10.9 Å². The Bertz CT molecular complexity index is 457. The average molecular weight is 155 g/mol. The molecule has 0 spiro atoms. The second kappa shape index (κ2) is 2.42. The van der Waals surface area contributed by atoms with E-state index in [4.69, 9.17) is 6.42 Å². The first-order valence-corrected chi connectivity index (χ1v) is 3.85. The number of hydrogen-bond acceptors (Lipinski definition) is 0. The third kappa shape index (κ3) is 0.895. The van der Waals surface area contributed by atoms with Gasteiger partial charge < -0.3 is 0 Å². The number of fused-ring (bicyclic) bond motifs is 1. The minimum atomic E-state index is 1.10. The third-order valence-corrected chi connectivity index (χ3v) is 1.98. The van der Waals surface area contributed by atoms with Crippen LogP contribution >= 0.6 is 0 Å². The molecule has 1 aromatic carbocycles. The van der Waals surface area contributed by atoms with Crippen LogP contribution in [0.15, 0.2) is 30.5 Å². The maximum Gasteiger partial charge on any atom is 0.0611 e. The van der Waals surface area contributed by atoms with Gasteiger partial charge in [-0.05, 0) is 25.1 Å². The number of benzene rings is 1. The molecule has 0 unspecified atom stereocenters. The van der Waals surface area contributed by atoms with E-state index in [1.54, 1.807) is 4.57 Å². The molecule has 1 heterocycles. The van der Waals surface area contributed by atoms with Crippen molar-refractivity contribution in [3.63, 3.8) is 0 Å². The highest BCUT2D eigenvalue weighted by Crippen LogP contribution is 2.15. The minimum absolute atomic E-state index is 1.10. The van der Waals surface area contributed by atoms with E-state index in [0.717, 1.165) is 5.52 Å². The predicted octanol–water partition coefficient (Wildman–Crippen LogP) is 2.39. The average Bonchev–Trinajstić information content (AvgIpc) is 2.46. The van der Waals surface area contributed by atoms with E-state index in [1.807, 2.05) is 18.3 Å². The summed E-state index contributed by atoms with van der Waals surface area (Å²) >= 11 is 0. The Balaban J connectivity index is 2.84. The van der Waals surface area contributed by atoms with Crippen LogP contribution in [0.2, 0.25) is 0 Å². The van der Waals surface area contributed by atoms with Gasteiger partial charge in [0, 0.05) is 17.6 Å². The fourth-order valence-electron chi connectivity index (χ4n) is 1.37. The molecular formula is C11H9N. The Morgan fingerprint density at radius 1 is 1.33 bits per heavy atom. The van der Waals surface area contributed by atoms with Crippen molar-refractivity contribution in [2.24, 2.45) is 0 Å². The number of hydrogen-bond donors (Lipinski definition) is 0. The van der Waals surface area contributed by atoms with E-state index in [-0.39, 0.29) is 0 Å². The van der Waals surface area contributed by atoms with E-state index in [9.17, 15) is 0 Å². The molecule has 1 heteroatoms. The Hall–Kier alpha value is -1.68. The number of nitrogens with zero attached hydrogens (tertiary/aromatic N) is 1. The van der Waals surface area contributed by atoms with Gasteiger partial charge in [-0.25, -0.2) is 0 Å². The van der Waals surface area contributed by atoms with Crippen molar-refractivity contribution in [1.82, 2.24) is 4.57 Å². The van der Waals surface area contributed by atoms with Crippen LogP contribution in [0, 0.1) is 19.4 Å². The van der Waals surface area contributed by atoms with Gasteiger partial charge in [0.1, 0.15) is 0 Å². The highest BCUT2D eigenvalue weighted by atomic mass is 14.9. The summed E-state index contributed by atoms with van der Waals surface area (Å²) in [5.41, 5.74) is 2.36. The molecule has 0 saturated carbocycles. The molecular weight excluding hydrogens is 146 g/mol. The molecule has 0 bridgehead atoms. The molecule has 0 aliphatic heterocycles. The Labute approximate surface area is 71.6 Å². The Kier molecular flexibility index (Phi) is 1.41. The lowest BCUT2D eigenvalue weighted by molar-refractivity contribution is 1.20. The van der Waals surface area contributed by atoms with E-state index >= 15 is 0 Å². The second-order valence-electron chi connectivity index (χ2n) is 2.88. The van der Waals surface area contributed by atoms with Crippen molar-refractivity contribution in [3.8, 4) is 12.5 Å². The molecule has 0 amide bonds. The fraction of sp³-hybridized carbons (Fsp3) is 0.0909. The Morgan fingerprint density at radius 2 is 2.17 bits per heavy atom. The zero-order chi connectivity index (χ0) is 8.55. The van der Waals surface area contributed by atoms with Gasteiger partial charge in [-0.15, -0.1) is 0 Å². The van der Waals surface area contributed by atoms with Crippen LogP contribution in [0.25, 0.3) is 10.9 Å². The summed E-state index contributed by atoms with van der Waals surface area (Å²) < 4.78 is 1.79. The van der Waals surface area contributed by atoms with Gasteiger partial charge in [-0.2, -0.15) is 0 Å². The summed E-state index contributed by atoms with van der Waals surface area (Å²) in [6.45, 7) is 2.08. The number of aryl methyl sites for hydroxylation is 1. The first-order chi connectivity index (χ1) is 5.81. The molecule has 1 nitrogen and oxygen atoms in total. The molecule has 0 fully saturated rings. The molecule has 0 atom stereocenters. The monoisotopic (exact) mass is 155 g/mol. The molecule has 0 aliphatic rings. The normalized spacial score (nSPS) is 10.0. The maximum absolute atomic E-state index is 5.31. The molecule has 0 saturated heterocycles. The van der Waals surface area contributed by atoms with Gasteiger partial charge in [0.15, 0.2) is 0 Å². The van der Waals surface area contributed by atoms with E-state index in [0.29, 0.717) is 0 Å². The lowest BCUT2D eigenvalue weighted by Crippen LogP contribution is -1.83. The number of terminal acetylenes is 1. The second-order valence-corrected chi connectivity index (χ2v) is 2.88. The largest absolute Gasteiger partial charge is 0.277 e. The molecule has 2 aromatic rings. The molecule has 1 aromatic heterocycles. The maximum atomic E-state index is 5.31. The minimum Gasteiger partial charge on any atom is -0.277 e. The van der Waals surface area contributed by atoms with Gasteiger partial charge in [0.05, 0.1) is 5.52 Å². The van der Waals surface area contributed by atoms with Crippen molar-refractivity contribution in [2.45, 2.75) is 6.92 Å². The number of rotatable bonds is 0. The Morgan fingerprint density at radius 3 is 2.92 bits per heavy atom. The topological polar surface area (TPSA) is 4.93 Å². The quantitative estimate of drug-likeness (QED) is 0.515. The first-order valence-electron chi connectivity index (χ1n) is 3.85. The lowest BCUT2D eigenvalue weighted by atomic mass is 10.2. The fourth-order valence-corrected chi connectivity index (χ4v) is 1.37. The van der Waals surface area contributed by atoms with Crippen LogP contribution in [-0.2, 0) is 0 Å². The van der Waals surface area contributed by atoms with Gasteiger partial charge in [-0.3, -0.25) is 4.57 Å². The van der Waals surface area contributed by atoms with Crippen LogP contribution in [-0.4, -0.2) is 4.57 Å². The van der Waals surface area contributed by atoms with E-state index < -0.39 is 0 Å². The van der Waals surface area contributed by atoms with Gasteiger partial charge in [-0.1, -0.05) is 18.1 Å². The first kappa shape index (κ1) is 7.00. The molecule has 0 radical (unpaired) electrons.